The molecule has 0 fully saturated rings. The molecule has 3 heteroatoms. The zero-order chi connectivity index (χ0) is 14.8. The van der Waals surface area contributed by atoms with Crippen LogP contribution >= 0.6 is 0 Å². The molecular formula is C18H22N2O. The predicted octanol–water partition coefficient (Wildman–Crippen LogP) is 2.81. The van der Waals surface area contributed by atoms with Gasteiger partial charge < -0.3 is 15.4 Å². The number of rotatable bonds is 3. The van der Waals surface area contributed by atoms with Crippen LogP contribution in [0.1, 0.15) is 16.7 Å². The summed E-state index contributed by atoms with van der Waals surface area (Å²) in [6, 6.07) is 12.8. The summed E-state index contributed by atoms with van der Waals surface area (Å²) in [4.78, 5) is 2.34. The van der Waals surface area contributed by atoms with E-state index in [-0.39, 0.29) is 0 Å². The SMILES string of the molecule is COc1ccc(-c2cccc(CN)c2)c2c1CN(C)CC2. The van der Waals surface area contributed by atoms with Crippen molar-refractivity contribution >= 4 is 0 Å². The molecule has 3 nitrogen and oxygen atoms in total. The summed E-state index contributed by atoms with van der Waals surface area (Å²) in [5, 5.41) is 0. The first-order valence-corrected chi connectivity index (χ1v) is 7.39. The summed E-state index contributed by atoms with van der Waals surface area (Å²) in [5.41, 5.74) is 12.2. The van der Waals surface area contributed by atoms with E-state index in [0.29, 0.717) is 6.54 Å². The first-order valence-electron chi connectivity index (χ1n) is 7.39. The second-order valence-electron chi connectivity index (χ2n) is 5.66. The molecule has 0 atom stereocenters. The van der Waals surface area contributed by atoms with Crippen molar-refractivity contribution in [2.45, 2.75) is 19.5 Å². The van der Waals surface area contributed by atoms with Crippen LogP contribution in [-0.2, 0) is 19.5 Å². The van der Waals surface area contributed by atoms with Crippen molar-refractivity contribution < 1.29 is 4.74 Å². The Balaban J connectivity index is 2.13. The Morgan fingerprint density at radius 3 is 2.81 bits per heavy atom. The van der Waals surface area contributed by atoms with Gasteiger partial charge in [-0.05, 0) is 47.9 Å². The van der Waals surface area contributed by atoms with Gasteiger partial charge in [-0.25, -0.2) is 0 Å². The van der Waals surface area contributed by atoms with E-state index in [0.717, 1.165) is 25.3 Å². The lowest BCUT2D eigenvalue weighted by Crippen LogP contribution is -2.27. The molecular weight excluding hydrogens is 260 g/mol. The Kier molecular flexibility index (Phi) is 3.95. The predicted molar refractivity (Wildman–Crippen MR) is 86.4 cm³/mol. The number of likely N-dealkylation sites (N-methyl/N-ethyl adjacent to an activating group) is 1. The molecule has 2 aromatic carbocycles. The molecule has 0 bridgehead atoms. The normalized spacial score (nSPS) is 14.8. The van der Waals surface area contributed by atoms with Crippen molar-refractivity contribution in [1.29, 1.82) is 0 Å². The molecule has 0 aliphatic carbocycles. The lowest BCUT2D eigenvalue weighted by atomic mass is 9.89. The molecule has 2 aromatic rings. The minimum absolute atomic E-state index is 0.578. The topological polar surface area (TPSA) is 38.5 Å². The van der Waals surface area contributed by atoms with E-state index in [1.165, 1.54) is 27.8 Å². The van der Waals surface area contributed by atoms with Gasteiger partial charge in [-0.2, -0.15) is 0 Å². The smallest absolute Gasteiger partial charge is 0.123 e. The van der Waals surface area contributed by atoms with E-state index in [2.05, 4.69) is 48.3 Å². The highest BCUT2D eigenvalue weighted by atomic mass is 16.5. The van der Waals surface area contributed by atoms with Crippen molar-refractivity contribution in [1.82, 2.24) is 4.90 Å². The van der Waals surface area contributed by atoms with Gasteiger partial charge in [0.25, 0.3) is 0 Å². The van der Waals surface area contributed by atoms with Gasteiger partial charge in [-0.1, -0.05) is 24.3 Å². The summed E-state index contributed by atoms with van der Waals surface area (Å²) in [6.07, 6.45) is 1.06. The summed E-state index contributed by atoms with van der Waals surface area (Å²) in [6.45, 7) is 2.61. The molecule has 0 aromatic heterocycles. The van der Waals surface area contributed by atoms with Gasteiger partial charge in [0.05, 0.1) is 7.11 Å². The quantitative estimate of drug-likeness (QED) is 0.941. The van der Waals surface area contributed by atoms with Gasteiger partial charge in [0.1, 0.15) is 5.75 Å². The maximum absolute atomic E-state index is 5.77. The number of nitrogens with two attached hydrogens (primary N) is 1. The second kappa shape index (κ2) is 5.88. The fourth-order valence-electron chi connectivity index (χ4n) is 3.11. The highest BCUT2D eigenvalue weighted by molar-refractivity contribution is 5.71. The van der Waals surface area contributed by atoms with Crippen LogP contribution in [0, 0.1) is 0 Å². The minimum Gasteiger partial charge on any atom is -0.496 e. The number of methoxy groups -OCH3 is 1. The molecule has 0 saturated carbocycles. The van der Waals surface area contributed by atoms with Crippen LogP contribution in [0.4, 0.5) is 0 Å². The van der Waals surface area contributed by atoms with Crippen LogP contribution in [-0.4, -0.2) is 25.6 Å². The minimum atomic E-state index is 0.578. The van der Waals surface area contributed by atoms with Crippen molar-refractivity contribution in [3.8, 4) is 16.9 Å². The van der Waals surface area contributed by atoms with Crippen molar-refractivity contribution in [3.63, 3.8) is 0 Å². The molecule has 0 spiro atoms. The highest BCUT2D eigenvalue weighted by Gasteiger charge is 2.20. The fourth-order valence-corrected chi connectivity index (χ4v) is 3.11. The molecule has 2 N–H and O–H groups in total. The van der Waals surface area contributed by atoms with Gasteiger partial charge in [-0.3, -0.25) is 0 Å². The molecule has 3 rings (SSSR count). The molecule has 0 radical (unpaired) electrons. The lowest BCUT2D eigenvalue weighted by molar-refractivity contribution is 0.302. The van der Waals surface area contributed by atoms with Crippen molar-refractivity contribution in [3.05, 3.63) is 53.1 Å². The Morgan fingerprint density at radius 1 is 1.19 bits per heavy atom. The molecule has 21 heavy (non-hydrogen) atoms. The Hall–Kier alpha value is -1.84. The zero-order valence-corrected chi connectivity index (χ0v) is 12.7. The lowest BCUT2D eigenvalue weighted by Gasteiger charge is -2.28. The molecule has 1 aliphatic heterocycles. The molecule has 0 amide bonds. The average Bonchev–Trinajstić information content (AvgIpc) is 2.53. The van der Waals surface area contributed by atoms with Gasteiger partial charge in [-0.15, -0.1) is 0 Å². The van der Waals surface area contributed by atoms with Crippen LogP contribution in [0.2, 0.25) is 0 Å². The van der Waals surface area contributed by atoms with Crippen LogP contribution in [0.25, 0.3) is 11.1 Å². The number of nitrogens with zero attached hydrogens (tertiary/aromatic N) is 1. The molecule has 0 saturated heterocycles. The maximum Gasteiger partial charge on any atom is 0.123 e. The Labute approximate surface area is 126 Å². The van der Waals surface area contributed by atoms with Crippen molar-refractivity contribution in [2.75, 3.05) is 20.7 Å². The number of ether oxygens (including phenoxy) is 1. The van der Waals surface area contributed by atoms with E-state index in [1.807, 2.05) is 0 Å². The van der Waals surface area contributed by atoms with Gasteiger partial charge in [0.15, 0.2) is 0 Å². The Bertz CT molecular complexity index is 652. The Morgan fingerprint density at radius 2 is 2.05 bits per heavy atom. The van der Waals surface area contributed by atoms with Crippen LogP contribution in [0.15, 0.2) is 36.4 Å². The maximum atomic E-state index is 5.77. The van der Waals surface area contributed by atoms with Gasteiger partial charge in [0, 0.05) is 25.2 Å². The standard InChI is InChI=1S/C18H22N2O/c1-20-9-8-16-15(6-7-18(21-2)17(16)12-20)14-5-3-4-13(10-14)11-19/h3-7,10H,8-9,11-12,19H2,1-2H3. The number of benzene rings is 2. The van der Waals surface area contributed by atoms with E-state index in [9.17, 15) is 0 Å². The number of hydrogen-bond acceptors (Lipinski definition) is 3. The molecule has 1 aliphatic rings. The summed E-state index contributed by atoms with van der Waals surface area (Å²) in [5.74, 6) is 0.996. The molecule has 110 valence electrons. The third kappa shape index (κ3) is 2.67. The first-order chi connectivity index (χ1) is 10.2. The monoisotopic (exact) mass is 282 g/mol. The average molecular weight is 282 g/mol. The summed E-state index contributed by atoms with van der Waals surface area (Å²) >= 11 is 0. The van der Waals surface area contributed by atoms with Crippen LogP contribution < -0.4 is 10.5 Å². The summed E-state index contributed by atoms with van der Waals surface area (Å²) in [7, 11) is 3.91. The summed E-state index contributed by atoms with van der Waals surface area (Å²) < 4.78 is 5.55. The fraction of sp³-hybridized carbons (Fsp3) is 0.333. The third-order valence-electron chi connectivity index (χ3n) is 4.25. The largest absolute Gasteiger partial charge is 0.496 e. The number of fused-ring (bicyclic) bond motifs is 1. The second-order valence-corrected chi connectivity index (χ2v) is 5.66. The van der Waals surface area contributed by atoms with E-state index in [1.54, 1.807) is 7.11 Å². The molecule has 0 unspecified atom stereocenters. The van der Waals surface area contributed by atoms with E-state index < -0.39 is 0 Å². The van der Waals surface area contributed by atoms with E-state index >= 15 is 0 Å². The van der Waals surface area contributed by atoms with Crippen LogP contribution in [0.5, 0.6) is 5.75 Å². The first kappa shape index (κ1) is 14.1. The molecule has 1 heterocycles. The zero-order valence-electron chi connectivity index (χ0n) is 12.7. The van der Waals surface area contributed by atoms with E-state index in [4.69, 9.17) is 10.5 Å². The van der Waals surface area contributed by atoms with Crippen molar-refractivity contribution in [2.24, 2.45) is 5.73 Å². The third-order valence-corrected chi connectivity index (χ3v) is 4.25. The van der Waals surface area contributed by atoms with Gasteiger partial charge in [0.2, 0.25) is 0 Å². The van der Waals surface area contributed by atoms with Gasteiger partial charge >= 0.3 is 0 Å². The number of hydrogen-bond donors (Lipinski definition) is 1. The van der Waals surface area contributed by atoms with Crippen LogP contribution in [0.3, 0.4) is 0 Å². The highest BCUT2D eigenvalue weighted by Crippen LogP contribution is 2.35.